The fourth-order valence-corrected chi connectivity index (χ4v) is 13.7. The van der Waals surface area contributed by atoms with Crippen molar-refractivity contribution in [2.24, 2.45) is 0 Å². The van der Waals surface area contributed by atoms with Crippen molar-refractivity contribution in [3.05, 3.63) is 156 Å². The maximum absolute atomic E-state index is 13.8. The van der Waals surface area contributed by atoms with E-state index in [9.17, 15) is 43.3 Å². The summed E-state index contributed by atoms with van der Waals surface area (Å²) < 4.78 is 129. The number of hydrogen-bond acceptors (Lipinski definition) is 14. The Morgan fingerprint density at radius 1 is 0.506 bits per heavy atom. The van der Waals surface area contributed by atoms with Crippen LogP contribution in [-0.2, 0) is 71.6 Å². The molecule has 0 amide bonds. The molecule has 0 fully saturated rings. The summed E-state index contributed by atoms with van der Waals surface area (Å²) in [6, 6.07) is 36.1. The highest BCUT2D eigenvalue weighted by Crippen LogP contribution is 2.40. The molecular weight excluding hydrogens is 1110 g/mol. The number of benzene rings is 6. The van der Waals surface area contributed by atoms with Gasteiger partial charge < -0.3 is 18.9 Å². The van der Waals surface area contributed by atoms with E-state index in [1.54, 1.807) is 140 Å². The first kappa shape index (κ1) is 62.2. The number of fused-ring (bicyclic) bond motifs is 2. The minimum Gasteiger partial charge on any atom is -0.482 e. The van der Waals surface area contributed by atoms with Crippen molar-refractivity contribution >= 4 is 51.7 Å². The molecule has 0 bridgehead atoms. The standard InChI is InChI=1S/C31H37NO7S2.C30H35NO7S2/c1-31(2,3)39-30(33)21-38-29-15-9-13-26-27(29)12-6-7-14-28(26)32(4)41(36,37)24-18-16-22(17-19-24)23-10-8-11-25(20-23)40(5,34)35;1-30(2,3)38-29(32)20-37-28-14-8-12-25-26(28)11-5-6-13-27(25)31-40(35,36)23-17-15-21(16-18-23)22-9-7-10-24(19-22)39(4,33)34/h8-11,13,15-20,28H,6-7,12,14,21H2,1-5H3;7-10,12,14-19,27,31H,5-6,11,13,20H2,1-4H3. The Morgan fingerprint density at radius 3 is 1.38 bits per heavy atom. The Bertz CT molecular complexity index is 3700. The summed E-state index contributed by atoms with van der Waals surface area (Å²) in [5.41, 5.74) is 5.03. The van der Waals surface area contributed by atoms with Gasteiger partial charge in [0.05, 0.1) is 25.6 Å². The van der Waals surface area contributed by atoms with E-state index in [1.165, 1.54) is 28.6 Å². The molecule has 6 aromatic rings. The second-order valence-corrected chi connectivity index (χ2v) is 30.0. The predicted molar refractivity (Wildman–Crippen MR) is 311 cm³/mol. The van der Waals surface area contributed by atoms with Crippen LogP contribution in [0.5, 0.6) is 11.5 Å². The Morgan fingerprint density at radius 2 is 0.926 bits per heavy atom. The van der Waals surface area contributed by atoms with Crippen LogP contribution in [0.3, 0.4) is 0 Å². The molecule has 20 heteroatoms. The maximum atomic E-state index is 13.8. The molecule has 81 heavy (non-hydrogen) atoms. The minimum atomic E-state index is -3.87. The molecule has 2 unspecified atom stereocenters. The van der Waals surface area contributed by atoms with Crippen LogP contribution < -0.4 is 14.2 Å². The Hall–Kier alpha value is -6.42. The quantitative estimate of drug-likeness (QED) is 0.0703. The van der Waals surface area contributed by atoms with E-state index < -0.39 is 74.9 Å². The fourth-order valence-electron chi connectivity index (χ4n) is 9.77. The lowest BCUT2D eigenvalue weighted by atomic mass is 9.98. The molecule has 2 aliphatic rings. The highest BCUT2D eigenvalue weighted by molar-refractivity contribution is 7.91. The number of carbonyl (C=O) groups excluding carboxylic acids is 2. The summed E-state index contributed by atoms with van der Waals surface area (Å²) in [7, 11) is -12.9. The van der Waals surface area contributed by atoms with Crippen LogP contribution in [0.15, 0.2) is 153 Å². The summed E-state index contributed by atoms with van der Waals surface area (Å²) in [6.45, 7) is 10.3. The van der Waals surface area contributed by atoms with Crippen LogP contribution in [0.25, 0.3) is 22.3 Å². The van der Waals surface area contributed by atoms with Gasteiger partial charge in [0, 0.05) is 25.6 Å². The van der Waals surface area contributed by atoms with Gasteiger partial charge in [-0.2, -0.15) is 4.31 Å². The van der Waals surface area contributed by atoms with Gasteiger partial charge in [0.25, 0.3) is 0 Å². The van der Waals surface area contributed by atoms with Gasteiger partial charge >= 0.3 is 11.9 Å². The van der Waals surface area contributed by atoms with Gasteiger partial charge in [-0.05, 0) is 185 Å². The number of carbonyl (C=O) groups is 2. The lowest BCUT2D eigenvalue weighted by Gasteiger charge is -2.29. The topological polar surface area (TPSA) is 223 Å². The van der Waals surface area contributed by atoms with Crippen LogP contribution in [0.2, 0.25) is 0 Å². The Kier molecular flexibility index (Phi) is 19.5. The van der Waals surface area contributed by atoms with Crippen molar-refractivity contribution in [3.8, 4) is 33.8 Å². The molecule has 434 valence electrons. The van der Waals surface area contributed by atoms with E-state index in [0.717, 1.165) is 60.4 Å². The van der Waals surface area contributed by atoms with Crippen LogP contribution in [-0.4, -0.2) is 93.9 Å². The molecule has 0 spiro atoms. The van der Waals surface area contributed by atoms with Crippen LogP contribution >= 0.6 is 0 Å². The molecule has 0 saturated carbocycles. The van der Waals surface area contributed by atoms with E-state index in [4.69, 9.17) is 18.9 Å². The summed E-state index contributed by atoms with van der Waals surface area (Å²) in [4.78, 5) is 25.1. The molecule has 1 N–H and O–H groups in total. The number of ether oxygens (including phenoxy) is 4. The number of nitrogens with one attached hydrogen (secondary N) is 1. The average Bonchev–Trinajstić information content (AvgIpc) is 4.02. The first-order valence-corrected chi connectivity index (χ1v) is 33.3. The van der Waals surface area contributed by atoms with Crippen LogP contribution in [0, 0.1) is 0 Å². The number of rotatable bonds is 16. The third kappa shape index (κ3) is 16.6. The Balaban J connectivity index is 0.000000234. The van der Waals surface area contributed by atoms with Crippen molar-refractivity contribution in [3.63, 3.8) is 0 Å². The smallest absolute Gasteiger partial charge is 0.344 e. The lowest BCUT2D eigenvalue weighted by molar-refractivity contribution is -0.158. The summed E-state index contributed by atoms with van der Waals surface area (Å²) in [5, 5.41) is 0. The SMILES string of the molecule is CC(C)(C)OC(=O)COc1cccc2c1CCCCC2NS(=O)(=O)c1ccc(-c2cccc(S(C)(=O)=O)c2)cc1.CN(C1CCCCc2c(OCC(=O)OC(C)(C)C)cccc21)S(=O)(=O)c1ccc(-c2cccc(S(C)(=O)=O)c2)cc1. The largest absolute Gasteiger partial charge is 0.482 e. The minimum absolute atomic E-state index is 0.110. The zero-order valence-corrected chi connectivity index (χ0v) is 50.5. The average molecular weight is 1190 g/mol. The number of hydrogen-bond donors (Lipinski definition) is 1. The number of nitrogens with zero attached hydrogens (tertiary/aromatic N) is 1. The third-order valence-corrected chi connectivity index (χ3v) is 19.1. The van der Waals surface area contributed by atoms with Gasteiger partial charge in [0.2, 0.25) is 20.0 Å². The first-order valence-electron chi connectivity index (χ1n) is 26.6. The number of sulfone groups is 2. The van der Waals surface area contributed by atoms with E-state index in [2.05, 4.69) is 4.72 Å². The molecule has 16 nitrogen and oxygen atoms in total. The summed E-state index contributed by atoms with van der Waals surface area (Å²) in [6.07, 6.45) is 8.38. The molecule has 0 aromatic heterocycles. The van der Waals surface area contributed by atoms with Gasteiger partial charge in [0.1, 0.15) is 22.7 Å². The molecule has 2 aliphatic carbocycles. The van der Waals surface area contributed by atoms with Gasteiger partial charge in [-0.3, -0.25) is 0 Å². The zero-order chi connectivity index (χ0) is 59.1. The van der Waals surface area contributed by atoms with Crippen molar-refractivity contribution in [1.82, 2.24) is 9.03 Å². The van der Waals surface area contributed by atoms with Crippen molar-refractivity contribution in [1.29, 1.82) is 0 Å². The normalized spacial score (nSPS) is 16.1. The highest BCUT2D eigenvalue weighted by Gasteiger charge is 2.33. The van der Waals surface area contributed by atoms with E-state index in [0.29, 0.717) is 59.4 Å². The van der Waals surface area contributed by atoms with Crippen LogP contribution in [0.1, 0.15) is 114 Å². The van der Waals surface area contributed by atoms with Gasteiger partial charge in [-0.15, -0.1) is 0 Å². The number of sulfonamides is 2. The molecule has 0 radical (unpaired) electrons. The van der Waals surface area contributed by atoms with E-state index in [1.807, 2.05) is 18.2 Å². The van der Waals surface area contributed by atoms with E-state index >= 15 is 0 Å². The highest BCUT2D eigenvalue weighted by atomic mass is 32.2. The molecular formula is C61H72N2O14S4. The lowest BCUT2D eigenvalue weighted by Crippen LogP contribution is -2.31. The van der Waals surface area contributed by atoms with Crippen molar-refractivity contribution in [2.75, 3.05) is 32.8 Å². The second-order valence-electron chi connectivity index (χ2n) is 22.2. The van der Waals surface area contributed by atoms with Crippen LogP contribution in [0.4, 0.5) is 0 Å². The van der Waals surface area contributed by atoms with Crippen molar-refractivity contribution in [2.45, 2.75) is 136 Å². The Labute approximate surface area is 478 Å². The molecule has 0 heterocycles. The predicted octanol–water partition coefficient (Wildman–Crippen LogP) is 10.8. The third-order valence-electron chi connectivity index (χ3n) is 13.6. The summed E-state index contributed by atoms with van der Waals surface area (Å²) in [5.74, 6) is 0.177. The van der Waals surface area contributed by atoms with E-state index in [-0.39, 0.29) is 32.8 Å². The van der Waals surface area contributed by atoms with Crippen molar-refractivity contribution < 1.29 is 62.2 Å². The second kappa shape index (κ2) is 25.4. The first-order chi connectivity index (χ1) is 37.9. The molecule has 6 aromatic carbocycles. The molecule has 8 rings (SSSR count). The monoisotopic (exact) mass is 1180 g/mol. The van der Waals surface area contributed by atoms with Gasteiger partial charge in [-0.25, -0.2) is 48.0 Å². The summed E-state index contributed by atoms with van der Waals surface area (Å²) >= 11 is 0. The maximum Gasteiger partial charge on any atom is 0.344 e. The fraction of sp³-hybridized carbons (Fsp3) is 0.377. The molecule has 2 atom stereocenters. The van der Waals surface area contributed by atoms with Gasteiger partial charge in [0.15, 0.2) is 32.9 Å². The van der Waals surface area contributed by atoms with Gasteiger partial charge in [-0.1, -0.05) is 85.6 Å². The number of esters is 2. The molecule has 0 aliphatic heterocycles. The molecule has 0 saturated heterocycles. The zero-order valence-electron chi connectivity index (χ0n) is 47.2.